The van der Waals surface area contributed by atoms with Gasteiger partial charge in [-0.25, -0.2) is 0 Å². The lowest BCUT2D eigenvalue weighted by atomic mass is 10.1. The molecule has 0 fully saturated rings. The summed E-state index contributed by atoms with van der Waals surface area (Å²) in [5.74, 6) is 0. The lowest BCUT2D eigenvalue weighted by molar-refractivity contribution is 0.283. The van der Waals surface area contributed by atoms with Crippen LogP contribution in [0.4, 0.5) is 0 Å². The number of aliphatic hydroxyl groups excluding tert-OH is 2. The van der Waals surface area contributed by atoms with Crippen molar-refractivity contribution in [2.75, 3.05) is 20.3 Å². The van der Waals surface area contributed by atoms with E-state index in [2.05, 4.69) is 13.0 Å². The Labute approximate surface area is 157 Å². The molecule has 4 N–H and O–H groups in total. The van der Waals surface area contributed by atoms with Crippen LogP contribution in [0.3, 0.4) is 0 Å². The third-order valence-corrected chi connectivity index (χ3v) is 3.88. The van der Waals surface area contributed by atoms with Crippen molar-refractivity contribution in [3.63, 3.8) is 0 Å². The average molecular weight is 380 g/mol. The van der Waals surface area contributed by atoms with Crippen LogP contribution in [0.1, 0.15) is 57.4 Å². The van der Waals surface area contributed by atoms with Gasteiger partial charge in [0.05, 0.1) is 18.8 Å². The molecule has 0 heterocycles. The first-order chi connectivity index (χ1) is 11.8. The largest absolute Gasteiger partial charge is 0.400 e. The van der Waals surface area contributed by atoms with Gasteiger partial charge in [0.2, 0.25) is 0 Å². The molecule has 24 heavy (non-hydrogen) atoms. The number of hydrogen-bond acceptors (Lipinski definition) is 5. The average Bonchev–Trinajstić information content (AvgIpc) is 2.62. The molecule has 0 amide bonds. The highest BCUT2D eigenvalue weighted by atomic mass is 35.5. The van der Waals surface area contributed by atoms with Gasteiger partial charge in [-0.1, -0.05) is 62.4 Å². The van der Waals surface area contributed by atoms with E-state index in [0.717, 1.165) is 63.1 Å². The number of aryl methyl sites for hydroxylation is 1. The molecule has 0 spiro atoms. The fourth-order valence-electron chi connectivity index (χ4n) is 1.94. The van der Waals surface area contributed by atoms with Gasteiger partial charge in [-0.05, 0) is 37.3 Å². The zero-order valence-corrected chi connectivity index (χ0v) is 16.6. The third kappa shape index (κ3) is 18.0. The van der Waals surface area contributed by atoms with Crippen LogP contribution < -0.4 is 5.14 Å². The molecule has 1 aromatic carbocycles. The normalized spacial score (nSPS) is 9.58. The fourth-order valence-corrected chi connectivity index (χ4v) is 2.39. The second kappa shape index (κ2) is 22.7. The highest BCUT2D eigenvalue weighted by Gasteiger charge is 1.98. The Balaban J connectivity index is 0. The van der Waals surface area contributed by atoms with Crippen LogP contribution in [0.2, 0.25) is 5.02 Å². The zero-order chi connectivity index (χ0) is 18.5. The molecule has 1 aromatic rings. The van der Waals surface area contributed by atoms with Crippen LogP contribution in [0.25, 0.3) is 0 Å². The zero-order valence-electron chi connectivity index (χ0n) is 15.0. The number of benzene rings is 1. The van der Waals surface area contributed by atoms with Crippen molar-refractivity contribution >= 4 is 23.8 Å². The topological polar surface area (TPSA) is 75.7 Å². The Bertz CT molecular complexity index is 353. The summed E-state index contributed by atoms with van der Waals surface area (Å²) in [5, 5.41) is 21.3. The van der Waals surface area contributed by atoms with Crippen molar-refractivity contribution in [3.05, 3.63) is 34.9 Å². The van der Waals surface area contributed by atoms with Gasteiger partial charge in [0.25, 0.3) is 0 Å². The number of nitrogens with two attached hydrogens (primary N) is 1. The van der Waals surface area contributed by atoms with E-state index in [1.165, 1.54) is 24.8 Å². The highest BCUT2D eigenvalue weighted by molar-refractivity contribution is 7.92. The molecular weight excluding hydrogens is 346 g/mol. The summed E-state index contributed by atoms with van der Waals surface area (Å²) in [5.41, 5.74) is 1.23. The minimum Gasteiger partial charge on any atom is -0.400 e. The first kappa shape index (κ1) is 25.9. The molecule has 1 rings (SSSR count). The second-order valence-corrected chi connectivity index (χ2v) is 5.94. The van der Waals surface area contributed by atoms with Crippen molar-refractivity contribution in [3.8, 4) is 0 Å². The van der Waals surface area contributed by atoms with E-state index < -0.39 is 0 Å². The smallest absolute Gasteiger partial charge is 0.0758 e. The number of rotatable bonds is 11. The van der Waals surface area contributed by atoms with Crippen molar-refractivity contribution in [1.29, 1.82) is 0 Å². The molecule has 0 atom stereocenters. The van der Waals surface area contributed by atoms with E-state index in [0.29, 0.717) is 6.61 Å². The van der Waals surface area contributed by atoms with Crippen molar-refractivity contribution in [2.45, 2.75) is 58.3 Å². The van der Waals surface area contributed by atoms with E-state index in [9.17, 15) is 0 Å². The first-order valence-corrected chi connectivity index (χ1v) is 9.71. The lowest BCUT2D eigenvalue weighted by Crippen LogP contribution is -1.92. The summed E-state index contributed by atoms with van der Waals surface area (Å²) in [6.45, 7) is 3.25. The molecule has 4 nitrogen and oxygen atoms in total. The van der Waals surface area contributed by atoms with Crippen LogP contribution in [0.5, 0.6) is 0 Å². The minimum absolute atomic E-state index is 0.361. The molecule has 142 valence electrons. The summed E-state index contributed by atoms with van der Waals surface area (Å²) in [4.78, 5) is 0. The van der Waals surface area contributed by atoms with Gasteiger partial charge in [0.15, 0.2) is 0 Å². The maximum Gasteiger partial charge on any atom is 0.0758 e. The lowest BCUT2D eigenvalue weighted by Gasteiger charge is -2.03. The summed E-state index contributed by atoms with van der Waals surface area (Å²) in [6, 6.07) is 7.99. The molecule has 0 aliphatic rings. The molecule has 0 radical (unpaired) electrons. The quantitative estimate of drug-likeness (QED) is 0.293. The van der Waals surface area contributed by atoms with E-state index in [4.69, 9.17) is 31.1 Å². The Kier molecular flexibility index (Phi) is 24.5. The molecule has 0 bridgehead atoms. The molecule has 0 aromatic heterocycles. The van der Waals surface area contributed by atoms with Gasteiger partial charge in [0.1, 0.15) is 0 Å². The van der Waals surface area contributed by atoms with E-state index in [-0.39, 0.29) is 0 Å². The maximum atomic E-state index is 8.29. The molecule has 0 unspecified atom stereocenters. The Morgan fingerprint density at radius 1 is 1.04 bits per heavy atom. The summed E-state index contributed by atoms with van der Waals surface area (Å²) >= 11 is 6.98. The Morgan fingerprint density at radius 2 is 1.71 bits per heavy atom. The summed E-state index contributed by atoms with van der Waals surface area (Å²) in [7, 11) is 1.00. The highest BCUT2D eigenvalue weighted by Crippen LogP contribution is 2.17. The third-order valence-electron chi connectivity index (χ3n) is 3.21. The molecule has 0 saturated carbocycles. The molecular formula is C18H34ClNO3S. The van der Waals surface area contributed by atoms with E-state index in [1.54, 1.807) is 0 Å². The van der Waals surface area contributed by atoms with Gasteiger partial charge in [0, 0.05) is 18.7 Å². The van der Waals surface area contributed by atoms with Gasteiger partial charge >= 0.3 is 0 Å². The minimum atomic E-state index is 0.361. The van der Waals surface area contributed by atoms with Gasteiger partial charge in [-0.2, -0.15) is 0 Å². The predicted octanol–water partition coefficient (Wildman–Crippen LogP) is 4.76. The van der Waals surface area contributed by atoms with Crippen LogP contribution in [-0.4, -0.2) is 30.5 Å². The molecule has 0 saturated heterocycles. The van der Waals surface area contributed by atoms with Gasteiger partial charge in [-0.15, -0.1) is 0 Å². The molecule has 6 heteroatoms. The van der Waals surface area contributed by atoms with Crippen LogP contribution in [0, 0.1) is 0 Å². The summed E-state index contributed by atoms with van der Waals surface area (Å²) in [6.07, 6.45) is 9.06. The SMILES string of the molecule is CCCCCCO.CO.NSOCCCCCc1ccccc1Cl. The number of hydrogen-bond donors (Lipinski definition) is 3. The molecule has 0 aliphatic heterocycles. The number of aliphatic hydroxyl groups is 2. The Hall–Kier alpha value is -0.300. The van der Waals surface area contributed by atoms with Crippen molar-refractivity contribution in [1.82, 2.24) is 0 Å². The van der Waals surface area contributed by atoms with E-state index >= 15 is 0 Å². The molecule has 0 aliphatic carbocycles. The maximum absolute atomic E-state index is 8.29. The fraction of sp³-hybridized carbons (Fsp3) is 0.667. The van der Waals surface area contributed by atoms with Crippen molar-refractivity contribution < 1.29 is 14.4 Å². The Morgan fingerprint density at radius 3 is 2.29 bits per heavy atom. The van der Waals surface area contributed by atoms with Crippen LogP contribution in [0.15, 0.2) is 24.3 Å². The number of halogens is 1. The van der Waals surface area contributed by atoms with Crippen LogP contribution in [-0.2, 0) is 10.6 Å². The number of unbranched alkanes of at least 4 members (excludes halogenated alkanes) is 5. The predicted molar refractivity (Wildman–Crippen MR) is 106 cm³/mol. The first-order valence-electron chi connectivity index (χ1n) is 8.53. The van der Waals surface area contributed by atoms with Crippen LogP contribution >= 0.6 is 23.8 Å². The second-order valence-electron chi connectivity index (χ2n) is 5.10. The standard InChI is InChI=1S/C11H16ClNOS.C6H14O.CH4O/c12-11-8-4-3-7-10(11)6-2-1-5-9-14-15-13;1-2-3-4-5-6-7;1-2/h3-4,7-8H,1-2,5-6,9,13H2;7H,2-6H2,1H3;2H,1H3. The van der Waals surface area contributed by atoms with Crippen molar-refractivity contribution in [2.24, 2.45) is 5.14 Å². The van der Waals surface area contributed by atoms with E-state index in [1.807, 2.05) is 18.2 Å². The van der Waals surface area contributed by atoms with Gasteiger partial charge < -0.3 is 14.4 Å². The van der Waals surface area contributed by atoms with Gasteiger partial charge in [-0.3, -0.25) is 5.14 Å². The summed E-state index contributed by atoms with van der Waals surface area (Å²) < 4.78 is 4.98. The monoisotopic (exact) mass is 379 g/mol.